The summed E-state index contributed by atoms with van der Waals surface area (Å²) in [4.78, 5) is 27.8. The molecule has 2 rings (SSSR count). The van der Waals surface area contributed by atoms with Crippen LogP contribution in [0.2, 0.25) is 0 Å². The van der Waals surface area contributed by atoms with Gasteiger partial charge in [0.15, 0.2) is 5.78 Å². The zero-order valence-electron chi connectivity index (χ0n) is 12.6. The average Bonchev–Trinajstić information content (AvgIpc) is 2.85. The highest BCUT2D eigenvalue weighted by Crippen LogP contribution is 2.23. The summed E-state index contributed by atoms with van der Waals surface area (Å²) in [6, 6.07) is 7.92. The number of carbonyl (C=O) groups is 2. The molecule has 22 heavy (non-hydrogen) atoms. The van der Waals surface area contributed by atoms with Gasteiger partial charge in [0.05, 0.1) is 10.6 Å². The van der Waals surface area contributed by atoms with E-state index in [1.165, 1.54) is 29.9 Å². The number of carbonyl (C=O) groups excluding carboxylic acids is 2. The van der Waals surface area contributed by atoms with Crippen LogP contribution in [0, 0.1) is 13.8 Å². The summed E-state index contributed by atoms with van der Waals surface area (Å²) in [6.07, 6.45) is 3.31. The molecule has 2 N–H and O–H groups in total. The second-order valence-electron chi connectivity index (χ2n) is 4.85. The minimum Gasteiger partial charge on any atom is -0.288 e. The summed E-state index contributed by atoms with van der Waals surface area (Å²) < 4.78 is 0. The van der Waals surface area contributed by atoms with E-state index in [-0.39, 0.29) is 11.7 Å². The lowest BCUT2D eigenvalue weighted by molar-refractivity contribution is -0.118. The van der Waals surface area contributed by atoms with Crippen molar-refractivity contribution in [2.24, 2.45) is 0 Å². The van der Waals surface area contributed by atoms with Crippen LogP contribution in [0.25, 0.3) is 6.08 Å². The first kappa shape index (κ1) is 15.9. The summed E-state index contributed by atoms with van der Waals surface area (Å²) >= 11 is 1.21. The predicted octanol–water partition coefficient (Wildman–Crippen LogP) is 3.12. The van der Waals surface area contributed by atoms with Gasteiger partial charge in [0.25, 0.3) is 0 Å². The number of allylic oxidation sites excluding steroid dienone is 1. The average molecular weight is 315 g/mol. The lowest BCUT2D eigenvalue weighted by atomic mass is 10.1. The molecule has 0 fully saturated rings. The smallest absolute Gasteiger partial charge is 0.235 e. The number of ketones is 1. The third-order valence-corrected chi connectivity index (χ3v) is 3.96. The molecule has 0 saturated carbocycles. The second kappa shape index (κ2) is 7.00. The Labute approximate surface area is 133 Å². The number of aryl methyl sites for hydroxylation is 2. The van der Waals surface area contributed by atoms with Crippen molar-refractivity contribution in [2.75, 3.05) is 5.43 Å². The van der Waals surface area contributed by atoms with Crippen LogP contribution < -0.4 is 10.9 Å². The van der Waals surface area contributed by atoms with E-state index in [4.69, 9.17) is 0 Å². The van der Waals surface area contributed by atoms with E-state index >= 15 is 0 Å². The van der Waals surface area contributed by atoms with Crippen LogP contribution >= 0.6 is 11.3 Å². The first-order valence-corrected chi connectivity index (χ1v) is 7.56. The SMILES string of the molecule is CC(=O)NNc1nc(C)c(C(=O)/C=C/c2ccc(C)cc2)s1. The van der Waals surface area contributed by atoms with Gasteiger partial charge in [0.1, 0.15) is 0 Å². The molecule has 0 aliphatic heterocycles. The normalized spacial score (nSPS) is 10.7. The molecule has 0 saturated heterocycles. The van der Waals surface area contributed by atoms with Crippen molar-refractivity contribution in [1.29, 1.82) is 0 Å². The summed E-state index contributed by atoms with van der Waals surface area (Å²) in [6.45, 7) is 5.18. The maximum atomic E-state index is 12.2. The number of amides is 1. The Hall–Kier alpha value is -2.47. The number of thiazole rings is 1. The van der Waals surface area contributed by atoms with E-state index in [1.54, 1.807) is 13.0 Å². The summed E-state index contributed by atoms with van der Waals surface area (Å²) in [5.41, 5.74) is 7.89. The van der Waals surface area contributed by atoms with Gasteiger partial charge in [-0.15, -0.1) is 0 Å². The van der Waals surface area contributed by atoms with Crippen LogP contribution in [-0.4, -0.2) is 16.7 Å². The molecule has 1 aromatic heterocycles. The number of anilines is 1. The maximum absolute atomic E-state index is 12.2. The van der Waals surface area contributed by atoms with Gasteiger partial charge in [-0.05, 0) is 25.5 Å². The zero-order chi connectivity index (χ0) is 16.1. The molecule has 1 amide bonds. The number of benzene rings is 1. The molecular formula is C16H17N3O2S. The fourth-order valence-electron chi connectivity index (χ4n) is 1.75. The van der Waals surface area contributed by atoms with Crippen molar-refractivity contribution >= 4 is 34.2 Å². The Kier molecular flexibility index (Phi) is 5.06. The van der Waals surface area contributed by atoms with E-state index in [2.05, 4.69) is 15.8 Å². The Morgan fingerprint density at radius 1 is 1.18 bits per heavy atom. The first-order chi connectivity index (χ1) is 10.5. The monoisotopic (exact) mass is 315 g/mol. The first-order valence-electron chi connectivity index (χ1n) is 6.75. The van der Waals surface area contributed by atoms with Gasteiger partial charge in [-0.25, -0.2) is 4.98 Å². The van der Waals surface area contributed by atoms with Crippen LogP contribution in [0.3, 0.4) is 0 Å². The van der Waals surface area contributed by atoms with Crippen molar-refractivity contribution in [2.45, 2.75) is 20.8 Å². The van der Waals surface area contributed by atoms with Crippen LogP contribution in [-0.2, 0) is 4.79 Å². The molecule has 5 nitrogen and oxygen atoms in total. The van der Waals surface area contributed by atoms with E-state index < -0.39 is 0 Å². The molecule has 0 unspecified atom stereocenters. The fraction of sp³-hybridized carbons (Fsp3) is 0.188. The van der Waals surface area contributed by atoms with Gasteiger partial charge in [-0.1, -0.05) is 47.2 Å². The highest BCUT2D eigenvalue weighted by molar-refractivity contribution is 7.17. The number of aromatic nitrogens is 1. The maximum Gasteiger partial charge on any atom is 0.235 e. The lowest BCUT2D eigenvalue weighted by Gasteiger charge is -1.99. The number of hydrazine groups is 1. The highest BCUT2D eigenvalue weighted by atomic mass is 32.1. The van der Waals surface area contributed by atoms with Gasteiger partial charge >= 0.3 is 0 Å². The topological polar surface area (TPSA) is 71.1 Å². The molecule has 0 aliphatic rings. The molecule has 0 spiro atoms. The molecule has 1 aromatic carbocycles. The van der Waals surface area contributed by atoms with Crippen LogP contribution in [0.4, 0.5) is 5.13 Å². The van der Waals surface area contributed by atoms with Gasteiger partial charge in [0, 0.05) is 6.92 Å². The van der Waals surface area contributed by atoms with E-state index in [0.717, 1.165) is 5.56 Å². The Bertz CT molecular complexity index is 717. The third kappa shape index (κ3) is 4.26. The number of rotatable bonds is 5. The fourth-order valence-corrected chi connectivity index (χ4v) is 2.59. The molecule has 2 aromatic rings. The molecular weight excluding hydrogens is 298 g/mol. The van der Waals surface area contributed by atoms with E-state index in [1.807, 2.05) is 31.2 Å². The summed E-state index contributed by atoms with van der Waals surface area (Å²) in [5.74, 6) is -0.327. The van der Waals surface area contributed by atoms with Gasteiger partial charge in [-0.3, -0.25) is 20.4 Å². The van der Waals surface area contributed by atoms with Gasteiger partial charge in [-0.2, -0.15) is 0 Å². The molecule has 0 radical (unpaired) electrons. The quantitative estimate of drug-likeness (QED) is 0.505. The number of nitrogens with one attached hydrogen (secondary N) is 2. The van der Waals surface area contributed by atoms with Crippen molar-refractivity contribution in [3.8, 4) is 0 Å². The lowest BCUT2D eigenvalue weighted by Crippen LogP contribution is -2.26. The zero-order valence-corrected chi connectivity index (χ0v) is 13.5. The van der Waals surface area contributed by atoms with Gasteiger partial charge in [0.2, 0.25) is 11.0 Å². The van der Waals surface area contributed by atoms with Crippen molar-refractivity contribution in [3.63, 3.8) is 0 Å². The minimum atomic E-state index is -0.222. The molecule has 0 aliphatic carbocycles. The minimum absolute atomic E-state index is 0.105. The van der Waals surface area contributed by atoms with E-state index in [0.29, 0.717) is 15.7 Å². The second-order valence-corrected chi connectivity index (χ2v) is 5.85. The van der Waals surface area contributed by atoms with Crippen molar-refractivity contribution < 1.29 is 9.59 Å². The molecule has 0 atom stereocenters. The standard InChI is InChI=1S/C16H17N3O2S/c1-10-4-6-13(7-5-10)8-9-14(21)15-11(2)17-16(22-15)19-18-12(3)20/h4-9H,1-3H3,(H,17,19)(H,18,20)/b9-8+. The van der Waals surface area contributed by atoms with Gasteiger partial charge < -0.3 is 0 Å². The summed E-state index contributed by atoms with van der Waals surface area (Å²) in [5, 5.41) is 0.486. The van der Waals surface area contributed by atoms with Crippen LogP contribution in [0.1, 0.15) is 33.4 Å². The number of hydrogen-bond donors (Lipinski definition) is 2. The number of nitrogens with zero attached hydrogens (tertiary/aromatic N) is 1. The highest BCUT2D eigenvalue weighted by Gasteiger charge is 2.13. The van der Waals surface area contributed by atoms with Crippen LogP contribution in [0.15, 0.2) is 30.3 Å². The molecule has 114 valence electrons. The van der Waals surface area contributed by atoms with Crippen molar-refractivity contribution in [1.82, 2.24) is 10.4 Å². The Morgan fingerprint density at radius 2 is 1.86 bits per heavy atom. The Morgan fingerprint density at radius 3 is 2.50 bits per heavy atom. The number of hydrogen-bond acceptors (Lipinski definition) is 5. The molecule has 0 bridgehead atoms. The van der Waals surface area contributed by atoms with Crippen molar-refractivity contribution in [3.05, 3.63) is 52.0 Å². The molecule has 1 heterocycles. The predicted molar refractivity (Wildman–Crippen MR) is 88.8 cm³/mol. The van der Waals surface area contributed by atoms with Crippen LogP contribution in [0.5, 0.6) is 0 Å². The molecule has 6 heteroatoms. The van der Waals surface area contributed by atoms with E-state index in [9.17, 15) is 9.59 Å². The largest absolute Gasteiger partial charge is 0.288 e. The third-order valence-electron chi connectivity index (χ3n) is 2.87. The summed E-state index contributed by atoms with van der Waals surface area (Å²) in [7, 11) is 0. The Balaban J connectivity index is 2.09.